The van der Waals surface area contributed by atoms with Crippen LogP contribution in [0.5, 0.6) is 0 Å². The average Bonchev–Trinajstić information content (AvgIpc) is 2.79. The summed E-state index contributed by atoms with van der Waals surface area (Å²) in [6, 6.07) is 0. The van der Waals surface area contributed by atoms with Gasteiger partial charge in [0, 0.05) is 0 Å². The second-order valence-corrected chi connectivity index (χ2v) is 67.7. The molecule has 0 aromatic carbocycles. The second kappa shape index (κ2) is 1.44. The fraction of sp³-hybridized carbons (Fsp3) is 0. The summed E-state index contributed by atoms with van der Waals surface area (Å²) in [6.45, 7) is 0. The van der Waals surface area contributed by atoms with Crippen LogP contribution in [-0.2, 0) is 63.2 Å². The molecule has 0 aromatic heterocycles. The SMILES string of the molecule is O=[CH][Ir]([CH]=O)([CH]=O)([CH]=O)([CH]=O)([CH]=O)([CH]=O)([CH]=O)([CH]=O)([CH]=O)([CH]=O)[CH]=O. The Balaban J connectivity index is 12.5. The van der Waals surface area contributed by atoms with Crippen molar-refractivity contribution in [2.45, 2.75) is 0 Å². The summed E-state index contributed by atoms with van der Waals surface area (Å²) in [7, 11) is 0. The van der Waals surface area contributed by atoms with Gasteiger partial charge in [-0.15, -0.1) is 0 Å². The first-order valence-electron chi connectivity index (χ1n) is 5.14. The molecule has 141 valence electrons. The van der Waals surface area contributed by atoms with E-state index in [1.807, 2.05) is 0 Å². The predicted octanol–water partition coefficient (Wildman–Crippen LogP) is -3.29. The molecule has 13 heteroatoms. The third-order valence-corrected chi connectivity index (χ3v) is 49.0. The van der Waals surface area contributed by atoms with E-state index < -0.39 is 63.2 Å². The summed E-state index contributed by atoms with van der Waals surface area (Å²) < 4.78 is 0. The van der Waals surface area contributed by atoms with Crippen LogP contribution in [0.15, 0.2) is 0 Å². The van der Waals surface area contributed by atoms with Crippen molar-refractivity contribution in [3.63, 3.8) is 0 Å². The Morgan fingerprint density at radius 1 is 0.240 bits per heavy atom. The fourth-order valence-electron chi connectivity index (χ4n) is 1.22. The molecule has 0 rings (SSSR count). The number of carbonyl (C=O) groups excluding carboxylic acids is 12. The fourth-order valence-corrected chi connectivity index (χ4v) is 10.0. The Labute approximate surface area is 121 Å². The van der Waals surface area contributed by atoms with E-state index >= 15 is 0 Å². The molecular weight excluding hydrogens is 528 g/mol. The standard InChI is InChI=1S/12CHO.Ir/c12*1-2;/h12*1H;. The van der Waals surface area contributed by atoms with Gasteiger partial charge in [0.15, 0.2) is 0 Å². The summed E-state index contributed by atoms with van der Waals surface area (Å²) in [6.07, 6.45) is 0. The van der Waals surface area contributed by atoms with E-state index in [1.165, 1.54) is 0 Å². The summed E-state index contributed by atoms with van der Waals surface area (Å²) >= 11 is 0. The molecule has 0 heterocycles. The van der Waals surface area contributed by atoms with E-state index in [4.69, 9.17) is 0 Å². The molecule has 0 fully saturated rings. The molecule has 0 atom stereocenters. The molecule has 0 N–H and O–H groups in total. The van der Waals surface area contributed by atoms with Gasteiger partial charge in [0.2, 0.25) is 0 Å². The molecule has 0 saturated heterocycles. The summed E-state index contributed by atoms with van der Waals surface area (Å²) in [5, 5.41) is 0. The molecule has 25 heavy (non-hydrogen) atoms. The zero-order valence-corrected chi connectivity index (χ0v) is 14.6. The van der Waals surface area contributed by atoms with E-state index in [0.29, 0.717) is 0 Å². The molecule has 0 aliphatic rings. The molecule has 0 unspecified atom stereocenters. The van der Waals surface area contributed by atoms with Gasteiger partial charge in [-0.25, -0.2) is 0 Å². The van der Waals surface area contributed by atoms with Gasteiger partial charge >= 0.3 is 121 Å². The summed E-state index contributed by atoms with van der Waals surface area (Å²) in [4.78, 5) is 123. The van der Waals surface area contributed by atoms with E-state index in [0.717, 1.165) is 0 Å². The van der Waals surface area contributed by atoms with E-state index in [-0.39, 0.29) is 0 Å². The van der Waals surface area contributed by atoms with Gasteiger partial charge in [-0.2, -0.15) is 0 Å². The number of rotatable bonds is 12. The van der Waals surface area contributed by atoms with Crippen LogP contribution in [0.4, 0.5) is 0 Å². The van der Waals surface area contributed by atoms with Crippen LogP contribution >= 0.6 is 0 Å². The Bertz CT molecular complexity index is 839. The van der Waals surface area contributed by atoms with Crippen molar-refractivity contribution in [1.29, 1.82) is 0 Å². The third kappa shape index (κ3) is 0.436. The van der Waals surface area contributed by atoms with Gasteiger partial charge in [0.1, 0.15) is 0 Å². The summed E-state index contributed by atoms with van der Waals surface area (Å²) in [5.74, 6) is 0. The third-order valence-electron chi connectivity index (χ3n) is 5.99. The molecule has 0 saturated carbocycles. The van der Waals surface area contributed by atoms with Crippen LogP contribution in [0.1, 0.15) is 0 Å². The molecule has 0 bridgehead atoms. The number of hydrogen-bond donors (Lipinski definition) is 0. The quantitative estimate of drug-likeness (QED) is 0.223. The van der Waals surface area contributed by atoms with Crippen molar-refractivity contribution in [2.24, 2.45) is 0 Å². The van der Waals surface area contributed by atoms with Crippen molar-refractivity contribution in [3.05, 3.63) is 0 Å². The maximum atomic E-state index is 12.4. The normalized spacial score (nSPS) is 27.8. The summed E-state index contributed by atoms with van der Waals surface area (Å²) in [5.41, 5.74) is -14.4. The first kappa shape index (κ1) is 21.7. The van der Waals surface area contributed by atoms with Crippen LogP contribution in [0.3, 0.4) is 0 Å². The van der Waals surface area contributed by atoms with E-state index in [1.54, 1.807) is 0 Å². The number of hydrogen-bond acceptors (Lipinski definition) is 12. The van der Waals surface area contributed by atoms with Crippen molar-refractivity contribution in [3.8, 4) is 0 Å². The minimum absolute atomic E-state index is 2.23. The van der Waals surface area contributed by atoms with Crippen LogP contribution in [0, 0.1) is 0 Å². The van der Waals surface area contributed by atoms with Crippen molar-refractivity contribution in [1.82, 2.24) is 0 Å². The zero-order chi connectivity index (χ0) is 20.8. The molecule has 0 aliphatic carbocycles. The Kier molecular flexibility index (Phi) is 1.25. The maximum absolute atomic E-state index is 14.4. The molecule has 0 aliphatic heterocycles. The van der Waals surface area contributed by atoms with Crippen molar-refractivity contribution < 1.29 is 63.2 Å². The van der Waals surface area contributed by atoms with Crippen molar-refractivity contribution in [2.75, 3.05) is 0 Å². The molecule has 0 radical (unpaired) electrons. The van der Waals surface area contributed by atoms with Gasteiger partial charge in [-0.05, 0) is 0 Å². The Hall–Kier alpha value is -3.31. The van der Waals surface area contributed by atoms with Gasteiger partial charge in [-0.1, -0.05) is 0 Å². The number of carbonyl (C=O) groups is 12. The molecule has 0 amide bonds. The second-order valence-electron chi connectivity index (χ2n) is 8.28. The minimum atomic E-state index is -14.4. The molecule has 12 nitrogen and oxygen atoms in total. The van der Waals surface area contributed by atoms with Crippen LogP contribution in [0.25, 0.3) is 0 Å². The van der Waals surface area contributed by atoms with Gasteiger partial charge in [-0.3, -0.25) is 0 Å². The predicted molar refractivity (Wildman–Crippen MR) is 81.0 cm³/mol. The Morgan fingerprint density at radius 3 is 0.320 bits per heavy atom. The molecule has 0 spiro atoms. The monoisotopic (exact) mass is 541 g/mol. The molecule has 0 aromatic rings. The van der Waals surface area contributed by atoms with Crippen molar-refractivity contribution >= 4 is 57.6 Å². The average molecular weight is 540 g/mol. The van der Waals surface area contributed by atoms with E-state index in [2.05, 4.69) is 0 Å². The van der Waals surface area contributed by atoms with Crippen LogP contribution in [-0.4, -0.2) is 57.6 Å². The van der Waals surface area contributed by atoms with Gasteiger partial charge in [0.05, 0.1) is 0 Å². The van der Waals surface area contributed by atoms with E-state index in [9.17, 15) is 57.5 Å². The van der Waals surface area contributed by atoms with Crippen LogP contribution in [0.2, 0.25) is 0 Å². The first-order chi connectivity index (χ1) is 10.9. The Morgan fingerprint density at radius 2 is 0.320 bits per heavy atom. The molecular formula is C12H12IrO12. The zero-order valence-electron chi connectivity index (χ0n) is 12.2. The van der Waals surface area contributed by atoms with Crippen LogP contribution < -0.4 is 0 Å². The van der Waals surface area contributed by atoms with Gasteiger partial charge in [0.25, 0.3) is 0 Å². The first-order valence-corrected chi connectivity index (χ1v) is 21.7. The topological polar surface area (TPSA) is 205 Å². The van der Waals surface area contributed by atoms with Gasteiger partial charge < -0.3 is 0 Å².